The van der Waals surface area contributed by atoms with Gasteiger partial charge >= 0.3 is 5.97 Å². The Labute approximate surface area is 93.3 Å². The molecule has 1 N–H and O–H groups in total. The summed E-state index contributed by atoms with van der Waals surface area (Å²) in [5.41, 5.74) is 1.29. The summed E-state index contributed by atoms with van der Waals surface area (Å²) < 4.78 is 1.58. The monoisotopic (exact) mass is 213 g/mol. The average Bonchev–Trinajstić information content (AvgIpc) is 2.76. The number of aromatic carboxylic acids is 1. The lowest BCUT2D eigenvalue weighted by Crippen LogP contribution is -2.01. The molecule has 1 aromatic carbocycles. The van der Waals surface area contributed by atoms with Gasteiger partial charge in [-0.05, 0) is 23.8 Å². The molecule has 2 aromatic rings. The van der Waals surface area contributed by atoms with Crippen molar-refractivity contribution in [2.24, 2.45) is 0 Å². The van der Waals surface area contributed by atoms with Crippen LogP contribution in [0.4, 0.5) is 0 Å². The van der Waals surface area contributed by atoms with Crippen LogP contribution in [0.1, 0.15) is 16.1 Å². The molecule has 0 unspecified atom stereocenters. The summed E-state index contributed by atoms with van der Waals surface area (Å²) >= 11 is 0. The lowest BCUT2D eigenvalue weighted by atomic mass is 10.2. The highest BCUT2D eigenvalue weighted by molar-refractivity contribution is 5.87. The van der Waals surface area contributed by atoms with E-state index in [1.807, 2.05) is 36.4 Å². The number of hydrogen-bond donors (Lipinski definition) is 1. The van der Waals surface area contributed by atoms with Crippen LogP contribution < -0.4 is 0 Å². The van der Waals surface area contributed by atoms with E-state index < -0.39 is 5.97 Å². The molecule has 1 heterocycles. The van der Waals surface area contributed by atoms with Gasteiger partial charge in [0.2, 0.25) is 0 Å². The van der Waals surface area contributed by atoms with Crippen molar-refractivity contribution in [3.63, 3.8) is 0 Å². The van der Waals surface area contributed by atoms with Crippen molar-refractivity contribution in [1.29, 1.82) is 0 Å². The van der Waals surface area contributed by atoms with Crippen LogP contribution in [0.5, 0.6) is 0 Å². The van der Waals surface area contributed by atoms with E-state index in [0.29, 0.717) is 0 Å². The van der Waals surface area contributed by atoms with Gasteiger partial charge in [-0.15, -0.1) is 0 Å². The maximum Gasteiger partial charge on any atom is 0.352 e. The molecule has 0 radical (unpaired) electrons. The highest BCUT2D eigenvalue weighted by atomic mass is 16.4. The molecule has 0 aliphatic rings. The van der Waals surface area contributed by atoms with Crippen LogP contribution in [-0.4, -0.2) is 15.6 Å². The second-order valence-corrected chi connectivity index (χ2v) is 3.33. The minimum atomic E-state index is -0.928. The summed E-state index contributed by atoms with van der Waals surface area (Å²) in [5, 5.41) is 8.90. The van der Waals surface area contributed by atoms with Gasteiger partial charge in [0.05, 0.1) is 0 Å². The van der Waals surface area contributed by atoms with Gasteiger partial charge in [0.15, 0.2) is 0 Å². The molecule has 0 fully saturated rings. The van der Waals surface area contributed by atoms with Crippen molar-refractivity contribution in [2.45, 2.75) is 0 Å². The van der Waals surface area contributed by atoms with Gasteiger partial charge < -0.3 is 9.67 Å². The van der Waals surface area contributed by atoms with E-state index in [-0.39, 0.29) is 5.69 Å². The molecule has 1 aromatic heterocycles. The smallest absolute Gasteiger partial charge is 0.352 e. The van der Waals surface area contributed by atoms with Crippen LogP contribution in [0.15, 0.2) is 48.7 Å². The van der Waals surface area contributed by atoms with Crippen LogP contribution in [0, 0.1) is 0 Å². The summed E-state index contributed by atoms with van der Waals surface area (Å²) in [6.07, 6.45) is 5.31. The third-order valence-electron chi connectivity index (χ3n) is 2.23. The van der Waals surface area contributed by atoms with E-state index >= 15 is 0 Å². The quantitative estimate of drug-likeness (QED) is 0.851. The van der Waals surface area contributed by atoms with Gasteiger partial charge in [0.1, 0.15) is 5.69 Å². The molecule has 3 nitrogen and oxygen atoms in total. The van der Waals surface area contributed by atoms with Crippen molar-refractivity contribution in [2.75, 3.05) is 0 Å². The number of carboxylic acid groups (broad SMARTS) is 1. The van der Waals surface area contributed by atoms with Crippen molar-refractivity contribution in [1.82, 2.24) is 4.57 Å². The third kappa shape index (κ3) is 2.20. The Hall–Kier alpha value is -2.29. The van der Waals surface area contributed by atoms with E-state index in [4.69, 9.17) is 5.11 Å². The van der Waals surface area contributed by atoms with Crippen molar-refractivity contribution in [3.8, 4) is 0 Å². The van der Waals surface area contributed by atoms with Crippen LogP contribution in [0.2, 0.25) is 0 Å². The average molecular weight is 213 g/mol. The fourth-order valence-electron chi connectivity index (χ4n) is 1.44. The molecule has 3 heteroatoms. The normalized spacial score (nSPS) is 10.8. The molecule has 0 atom stereocenters. The summed E-state index contributed by atoms with van der Waals surface area (Å²) in [4.78, 5) is 10.8. The third-order valence-corrected chi connectivity index (χ3v) is 2.23. The largest absolute Gasteiger partial charge is 0.477 e. The van der Waals surface area contributed by atoms with Crippen LogP contribution in [-0.2, 0) is 0 Å². The fourth-order valence-corrected chi connectivity index (χ4v) is 1.44. The van der Waals surface area contributed by atoms with Gasteiger partial charge in [-0.25, -0.2) is 4.79 Å². The standard InChI is InChI=1S/C13H11NO2/c15-13(16)12-7-4-9-14(12)10-8-11-5-2-1-3-6-11/h1-10H,(H,15,16)/b10-8+. The van der Waals surface area contributed by atoms with Crippen molar-refractivity contribution >= 4 is 18.2 Å². The van der Waals surface area contributed by atoms with Crippen LogP contribution >= 0.6 is 0 Å². The second-order valence-electron chi connectivity index (χ2n) is 3.33. The first-order chi connectivity index (χ1) is 7.77. The summed E-state index contributed by atoms with van der Waals surface area (Å²) in [5.74, 6) is -0.928. The fraction of sp³-hybridized carbons (Fsp3) is 0. The van der Waals surface area contributed by atoms with Crippen LogP contribution in [0.25, 0.3) is 12.3 Å². The SMILES string of the molecule is O=C(O)c1cccn1/C=C/c1ccccc1. The second kappa shape index (κ2) is 4.49. The first kappa shape index (κ1) is 10.2. The van der Waals surface area contributed by atoms with Gasteiger partial charge in [-0.1, -0.05) is 30.3 Å². The predicted octanol–water partition coefficient (Wildman–Crippen LogP) is 2.81. The summed E-state index contributed by atoms with van der Waals surface area (Å²) in [7, 11) is 0. The molecule has 0 bridgehead atoms. The summed E-state index contributed by atoms with van der Waals surface area (Å²) in [6.45, 7) is 0. The van der Waals surface area contributed by atoms with Gasteiger partial charge in [0.25, 0.3) is 0 Å². The number of aromatic nitrogens is 1. The molecule has 16 heavy (non-hydrogen) atoms. The van der Waals surface area contributed by atoms with E-state index in [2.05, 4.69) is 0 Å². The molecule has 80 valence electrons. The number of rotatable bonds is 3. The molecule has 0 saturated carbocycles. The Balaban J connectivity index is 2.24. The molecule has 0 aliphatic carbocycles. The zero-order valence-corrected chi connectivity index (χ0v) is 8.58. The molecular formula is C13H11NO2. The predicted molar refractivity (Wildman–Crippen MR) is 63.1 cm³/mol. The lowest BCUT2D eigenvalue weighted by Gasteiger charge is -1.98. The Morgan fingerprint density at radius 3 is 2.56 bits per heavy atom. The number of carboxylic acids is 1. The van der Waals surface area contributed by atoms with E-state index in [1.165, 1.54) is 0 Å². The summed E-state index contributed by atoms with van der Waals surface area (Å²) in [6, 6.07) is 13.0. The highest BCUT2D eigenvalue weighted by Gasteiger charge is 2.05. The Kier molecular flexibility index (Phi) is 2.87. The molecule has 0 aliphatic heterocycles. The minimum absolute atomic E-state index is 0.257. The Bertz CT molecular complexity index is 512. The van der Waals surface area contributed by atoms with Crippen LogP contribution in [0.3, 0.4) is 0 Å². The Morgan fingerprint density at radius 1 is 1.12 bits per heavy atom. The molecule has 0 spiro atoms. The number of hydrogen-bond acceptors (Lipinski definition) is 1. The molecule has 0 saturated heterocycles. The number of benzene rings is 1. The topological polar surface area (TPSA) is 42.2 Å². The zero-order chi connectivity index (χ0) is 11.4. The highest BCUT2D eigenvalue weighted by Crippen LogP contribution is 2.06. The molecular weight excluding hydrogens is 202 g/mol. The van der Waals surface area contributed by atoms with Crippen molar-refractivity contribution < 1.29 is 9.90 Å². The number of carbonyl (C=O) groups is 1. The van der Waals surface area contributed by atoms with E-state index in [1.54, 1.807) is 29.1 Å². The van der Waals surface area contributed by atoms with Gasteiger partial charge in [0, 0.05) is 12.4 Å². The zero-order valence-electron chi connectivity index (χ0n) is 8.58. The maximum atomic E-state index is 10.8. The lowest BCUT2D eigenvalue weighted by molar-refractivity contribution is 0.0689. The maximum absolute atomic E-state index is 10.8. The number of nitrogens with zero attached hydrogens (tertiary/aromatic N) is 1. The molecule has 0 amide bonds. The van der Waals surface area contributed by atoms with Gasteiger partial charge in [-0.2, -0.15) is 0 Å². The minimum Gasteiger partial charge on any atom is -0.477 e. The first-order valence-corrected chi connectivity index (χ1v) is 4.91. The van der Waals surface area contributed by atoms with E-state index in [0.717, 1.165) is 5.56 Å². The Morgan fingerprint density at radius 2 is 1.88 bits per heavy atom. The first-order valence-electron chi connectivity index (χ1n) is 4.91. The van der Waals surface area contributed by atoms with Crippen molar-refractivity contribution in [3.05, 3.63) is 59.9 Å². The van der Waals surface area contributed by atoms with Gasteiger partial charge in [-0.3, -0.25) is 0 Å². The molecule has 2 rings (SSSR count). The van der Waals surface area contributed by atoms with E-state index in [9.17, 15) is 4.79 Å².